The third-order valence-corrected chi connectivity index (χ3v) is 6.32. The van der Waals surface area contributed by atoms with Crippen LogP contribution in [0.15, 0.2) is 33.0 Å². The highest BCUT2D eigenvalue weighted by Gasteiger charge is 2.27. The number of aromatic nitrogens is 1. The number of benzene rings is 1. The van der Waals surface area contributed by atoms with Crippen molar-refractivity contribution in [3.05, 3.63) is 56.4 Å². The van der Waals surface area contributed by atoms with Gasteiger partial charge < -0.3 is 9.84 Å². The molecule has 2 heterocycles. The molecule has 1 amide bonds. The van der Waals surface area contributed by atoms with Gasteiger partial charge in [-0.05, 0) is 63.0 Å². The molecule has 0 radical (unpaired) electrons. The van der Waals surface area contributed by atoms with Gasteiger partial charge in [0.15, 0.2) is 5.78 Å². The van der Waals surface area contributed by atoms with Gasteiger partial charge in [0.05, 0.1) is 12.8 Å². The Hall–Kier alpha value is -2.98. The second-order valence-corrected chi connectivity index (χ2v) is 8.62. The van der Waals surface area contributed by atoms with Crippen LogP contribution in [0.4, 0.5) is 11.6 Å². The molecule has 0 bridgehead atoms. The summed E-state index contributed by atoms with van der Waals surface area (Å²) in [5.41, 5.74) is -3.42. The number of rotatable bonds is 6. The fourth-order valence-corrected chi connectivity index (χ4v) is 4.77. The topological polar surface area (TPSA) is 118 Å². The molecule has 0 atom stereocenters. The van der Waals surface area contributed by atoms with Crippen LogP contribution in [0.25, 0.3) is 0 Å². The van der Waals surface area contributed by atoms with Crippen LogP contribution >= 0.6 is 11.3 Å². The number of aryl methyl sites for hydroxylation is 2. The van der Waals surface area contributed by atoms with Gasteiger partial charge in [0.1, 0.15) is 9.77 Å². The van der Waals surface area contributed by atoms with E-state index in [1.54, 1.807) is 0 Å². The van der Waals surface area contributed by atoms with E-state index in [2.05, 4.69) is 10.5 Å². The highest BCUT2D eigenvalue weighted by atomic mass is 32.2. The number of Topliss-reactive ketones (excluding diaryl/α,β-unsaturated/α-hetero) is 1. The number of ketones is 1. The second kappa shape index (κ2) is 8.04. The van der Waals surface area contributed by atoms with Crippen molar-refractivity contribution in [2.45, 2.75) is 39.3 Å². The lowest BCUT2D eigenvalue weighted by molar-refractivity contribution is 0.101. The monoisotopic (exact) mass is 457 g/mol. The van der Waals surface area contributed by atoms with Gasteiger partial charge in [0.2, 0.25) is 5.88 Å². The number of sulfonamides is 1. The molecule has 158 valence electrons. The second-order valence-electron chi connectivity index (χ2n) is 6.05. The molecule has 0 saturated carbocycles. The van der Waals surface area contributed by atoms with Gasteiger partial charge in [-0.15, -0.1) is 11.3 Å². The molecular formula is C20H21N3O5S2. The fourth-order valence-electron chi connectivity index (χ4n) is 2.45. The zero-order chi connectivity index (χ0) is 30.6. The zero-order valence-corrected chi connectivity index (χ0v) is 17.2. The Bertz CT molecular complexity index is 1600. The van der Waals surface area contributed by atoms with Crippen molar-refractivity contribution in [3.63, 3.8) is 0 Å². The first-order valence-corrected chi connectivity index (χ1v) is 10.5. The number of hydrogen-bond donors (Lipinski definition) is 2. The van der Waals surface area contributed by atoms with E-state index in [1.807, 2.05) is 4.72 Å². The van der Waals surface area contributed by atoms with E-state index in [1.165, 1.54) is 12.3 Å². The summed E-state index contributed by atoms with van der Waals surface area (Å²) in [4.78, 5) is 24.5. The maximum absolute atomic E-state index is 13.3. The van der Waals surface area contributed by atoms with Gasteiger partial charge in [-0.3, -0.25) is 9.59 Å². The Balaban J connectivity index is 2.12. The number of carbonyl (C=O) groups is 2. The Morgan fingerprint density at radius 1 is 1.30 bits per heavy atom. The summed E-state index contributed by atoms with van der Waals surface area (Å²) in [6.45, 7) is -6.63. The van der Waals surface area contributed by atoms with Crippen LogP contribution in [0.1, 0.15) is 63.0 Å². The maximum atomic E-state index is 13.3. The number of anilines is 2. The maximum Gasteiger partial charge on any atom is 0.267 e. The summed E-state index contributed by atoms with van der Waals surface area (Å²) in [7, 11) is -4.68. The van der Waals surface area contributed by atoms with Crippen LogP contribution in [-0.4, -0.2) is 25.3 Å². The third kappa shape index (κ3) is 4.14. The molecule has 0 aliphatic heterocycles. The first-order valence-electron chi connectivity index (χ1n) is 13.1. The average Bonchev–Trinajstić information content (AvgIpc) is 3.38. The molecule has 2 N–H and O–H groups in total. The minimum absolute atomic E-state index is 0.0957. The van der Waals surface area contributed by atoms with Gasteiger partial charge in [-0.25, -0.2) is 13.1 Å². The number of nitrogens with one attached hydrogen (secondary N) is 2. The Kier molecular flexibility index (Phi) is 3.22. The van der Waals surface area contributed by atoms with Crippen molar-refractivity contribution < 1.29 is 36.2 Å². The van der Waals surface area contributed by atoms with Crippen molar-refractivity contribution in [1.29, 1.82) is 0 Å². The Morgan fingerprint density at radius 3 is 2.77 bits per heavy atom. The minimum atomic E-state index is -4.68. The fraction of sp³-hybridized carbons (Fsp3) is 0.250. The van der Waals surface area contributed by atoms with Crippen LogP contribution in [0.2, 0.25) is 0 Å². The van der Waals surface area contributed by atoms with Crippen molar-refractivity contribution >= 4 is 44.6 Å². The summed E-state index contributed by atoms with van der Waals surface area (Å²) in [5, 5.41) is 6.86. The summed E-state index contributed by atoms with van der Waals surface area (Å²) < 4.78 is 111. The van der Waals surface area contributed by atoms with E-state index in [-0.39, 0.29) is 5.69 Å². The minimum Gasteiger partial charge on any atom is -0.337 e. The lowest BCUT2D eigenvalue weighted by Crippen LogP contribution is -2.20. The summed E-state index contributed by atoms with van der Waals surface area (Å²) in [6.07, 6.45) is 0. The molecule has 8 nitrogen and oxygen atoms in total. The van der Waals surface area contributed by atoms with E-state index >= 15 is 0 Å². The molecule has 0 aliphatic carbocycles. The molecule has 2 aromatic heterocycles. The lowest BCUT2D eigenvalue weighted by Gasteiger charge is -2.14. The summed E-state index contributed by atoms with van der Waals surface area (Å²) in [6, 6.07) is 0.863. The molecule has 10 heteroatoms. The molecule has 3 rings (SSSR count). The van der Waals surface area contributed by atoms with Gasteiger partial charge in [-0.2, -0.15) is 0 Å². The van der Waals surface area contributed by atoms with Crippen LogP contribution in [0, 0.1) is 27.5 Å². The van der Waals surface area contributed by atoms with E-state index in [0.717, 1.165) is 19.1 Å². The molecule has 0 aliphatic rings. The predicted octanol–water partition coefficient (Wildman–Crippen LogP) is 4.23. The molecule has 0 fully saturated rings. The lowest BCUT2D eigenvalue weighted by atomic mass is 10.0. The Morgan fingerprint density at radius 2 is 2.10 bits per heavy atom. The molecule has 1 aromatic carbocycles. The highest BCUT2D eigenvalue weighted by Crippen LogP contribution is 2.29. The largest absolute Gasteiger partial charge is 0.337 e. The molecule has 0 spiro atoms. The summed E-state index contributed by atoms with van der Waals surface area (Å²) >= 11 is 0.618. The molecule has 0 unspecified atom stereocenters. The highest BCUT2D eigenvalue weighted by molar-refractivity contribution is 7.93. The smallest absolute Gasteiger partial charge is 0.267 e. The van der Waals surface area contributed by atoms with Crippen LogP contribution in [-0.2, 0) is 10.0 Å². The van der Waals surface area contributed by atoms with Crippen LogP contribution < -0.4 is 10.0 Å². The average molecular weight is 458 g/mol. The van der Waals surface area contributed by atoms with Gasteiger partial charge in [0, 0.05) is 23.5 Å². The SMILES string of the molecule is [2H]c1c(C([2H])([2H])[2H])cc(C(C)=O)c(NC(=O)c2sccc2S(=O)(=O)Nc2onc(C)c2C([2H])([2H])[2H])c1C([2H])([2H])[2H]. The van der Waals surface area contributed by atoms with Gasteiger partial charge >= 0.3 is 0 Å². The van der Waals surface area contributed by atoms with E-state index in [0.29, 0.717) is 11.3 Å². The first kappa shape index (κ1) is 12.0. The standard InChI is InChI=1S/C20H21N3O5S2/c1-10-8-11(2)17(15(9-10)14(5)24)21-19(25)18-16(6-7-29-18)30(26,27)23-20-12(3)13(4)22-28-20/h6-9,23H,1-5H3,(H,21,25)/i1D3,2D3,3D3,8D. The van der Waals surface area contributed by atoms with E-state index in [9.17, 15) is 18.0 Å². The van der Waals surface area contributed by atoms with Gasteiger partial charge in [-0.1, -0.05) is 11.2 Å². The number of carbonyl (C=O) groups excluding carboxylic acids is 2. The van der Waals surface area contributed by atoms with E-state index in [4.69, 9.17) is 18.2 Å². The first-order chi connectivity index (χ1) is 18.1. The zero-order valence-electron chi connectivity index (χ0n) is 25.5. The normalized spacial score (nSPS) is 17.5. The number of hydrogen-bond acceptors (Lipinski definition) is 7. The van der Waals surface area contributed by atoms with Crippen molar-refractivity contribution in [2.24, 2.45) is 0 Å². The van der Waals surface area contributed by atoms with Crippen molar-refractivity contribution in [3.8, 4) is 0 Å². The number of thiophene rings is 1. The van der Waals surface area contributed by atoms with Crippen LogP contribution in [0.5, 0.6) is 0 Å². The molecule has 3 aromatic rings. The van der Waals surface area contributed by atoms with Crippen molar-refractivity contribution in [1.82, 2.24) is 5.16 Å². The van der Waals surface area contributed by atoms with Crippen LogP contribution in [0.3, 0.4) is 0 Å². The van der Waals surface area contributed by atoms with Crippen molar-refractivity contribution in [2.75, 3.05) is 10.0 Å². The van der Waals surface area contributed by atoms with Gasteiger partial charge in [0.25, 0.3) is 15.9 Å². The Labute approximate surface area is 192 Å². The predicted molar refractivity (Wildman–Crippen MR) is 115 cm³/mol. The number of nitrogens with zero attached hydrogens (tertiary/aromatic N) is 1. The quantitative estimate of drug-likeness (QED) is 0.535. The third-order valence-electron chi connectivity index (χ3n) is 3.90. The molecule has 30 heavy (non-hydrogen) atoms. The summed E-state index contributed by atoms with van der Waals surface area (Å²) in [5.74, 6) is -2.73. The number of amides is 1. The molecule has 0 saturated heterocycles. The molecular weight excluding hydrogens is 426 g/mol. The van der Waals surface area contributed by atoms with E-state index < -0.39 is 91.9 Å².